The van der Waals surface area contributed by atoms with Crippen molar-refractivity contribution in [1.82, 2.24) is 9.84 Å². The third-order valence-corrected chi connectivity index (χ3v) is 7.14. The topological polar surface area (TPSA) is 86.7 Å². The SMILES string of the molecule is CC1CCCC(C)N1NS(=O)(=O)c1cc(C(=O)O)sc1Br. The van der Waals surface area contributed by atoms with Crippen LogP contribution in [-0.4, -0.2) is 36.6 Å². The zero-order valence-corrected chi connectivity index (χ0v) is 14.9. The normalized spacial score (nSPS) is 24.1. The molecule has 0 bridgehead atoms. The van der Waals surface area contributed by atoms with Gasteiger partial charge in [0.2, 0.25) is 0 Å². The highest BCUT2D eigenvalue weighted by Gasteiger charge is 2.31. The van der Waals surface area contributed by atoms with Crippen LogP contribution in [-0.2, 0) is 10.0 Å². The average molecular weight is 397 g/mol. The first-order valence-electron chi connectivity index (χ1n) is 6.56. The van der Waals surface area contributed by atoms with Crippen molar-refractivity contribution >= 4 is 43.3 Å². The Hall–Kier alpha value is -0.480. The molecule has 2 N–H and O–H groups in total. The van der Waals surface area contributed by atoms with Crippen molar-refractivity contribution < 1.29 is 18.3 Å². The fourth-order valence-corrected chi connectivity index (χ4v) is 6.07. The molecule has 1 aromatic heterocycles. The number of hydrogen-bond acceptors (Lipinski definition) is 5. The number of aromatic carboxylic acids is 1. The molecular formula is C12H17BrN2O4S2. The Morgan fingerprint density at radius 2 is 2.00 bits per heavy atom. The number of carboxylic acid groups (broad SMARTS) is 1. The van der Waals surface area contributed by atoms with Gasteiger partial charge in [-0.1, -0.05) is 6.42 Å². The number of nitrogens with one attached hydrogen (secondary N) is 1. The molecule has 118 valence electrons. The van der Waals surface area contributed by atoms with E-state index in [0.717, 1.165) is 30.6 Å². The van der Waals surface area contributed by atoms with Crippen LogP contribution in [0.3, 0.4) is 0 Å². The Bertz CT molecular complexity index is 634. The molecule has 1 aromatic rings. The van der Waals surface area contributed by atoms with Crippen LogP contribution in [0.5, 0.6) is 0 Å². The standard InChI is InChI=1S/C12H17BrN2O4S2/c1-7-4-3-5-8(2)15(7)14-21(18,19)10-6-9(12(16)17)20-11(10)13/h6-8,14H,3-5H2,1-2H3,(H,16,17). The van der Waals surface area contributed by atoms with Crippen molar-refractivity contribution in [3.8, 4) is 0 Å². The van der Waals surface area contributed by atoms with Crippen molar-refractivity contribution in [2.24, 2.45) is 0 Å². The molecule has 1 fully saturated rings. The number of halogens is 1. The van der Waals surface area contributed by atoms with Crippen LogP contribution in [0.1, 0.15) is 42.8 Å². The molecule has 2 heterocycles. The van der Waals surface area contributed by atoms with Gasteiger partial charge in [-0.25, -0.2) is 18.2 Å². The Labute approximate surface area is 136 Å². The molecule has 21 heavy (non-hydrogen) atoms. The predicted octanol–water partition coefficient (Wildman–Crippen LogP) is 2.67. The van der Waals surface area contributed by atoms with E-state index in [9.17, 15) is 13.2 Å². The molecule has 1 aliphatic rings. The van der Waals surface area contributed by atoms with E-state index in [0.29, 0.717) is 3.79 Å². The fraction of sp³-hybridized carbons (Fsp3) is 0.583. The van der Waals surface area contributed by atoms with Crippen molar-refractivity contribution in [3.63, 3.8) is 0 Å². The summed E-state index contributed by atoms with van der Waals surface area (Å²) in [7, 11) is -3.79. The van der Waals surface area contributed by atoms with Crippen molar-refractivity contribution in [3.05, 3.63) is 14.7 Å². The molecule has 1 saturated heterocycles. The molecule has 1 aliphatic heterocycles. The van der Waals surface area contributed by atoms with Gasteiger partial charge in [-0.05, 0) is 48.7 Å². The van der Waals surface area contributed by atoms with Gasteiger partial charge in [-0.3, -0.25) is 0 Å². The largest absolute Gasteiger partial charge is 0.477 e. The average Bonchev–Trinajstić information content (AvgIpc) is 2.77. The molecular weight excluding hydrogens is 380 g/mol. The van der Waals surface area contributed by atoms with E-state index >= 15 is 0 Å². The van der Waals surface area contributed by atoms with Gasteiger partial charge in [0.05, 0.1) is 3.79 Å². The molecule has 2 atom stereocenters. The molecule has 6 nitrogen and oxygen atoms in total. The van der Waals surface area contributed by atoms with E-state index in [1.165, 1.54) is 6.07 Å². The molecule has 2 unspecified atom stereocenters. The predicted molar refractivity (Wildman–Crippen MR) is 83.9 cm³/mol. The third-order valence-electron chi connectivity index (χ3n) is 3.57. The highest BCUT2D eigenvalue weighted by Crippen LogP contribution is 2.32. The number of thiophene rings is 1. The van der Waals surface area contributed by atoms with Crippen LogP contribution in [0.2, 0.25) is 0 Å². The lowest BCUT2D eigenvalue weighted by molar-refractivity contribution is 0.0702. The Kier molecular flexibility index (Phi) is 5.09. The second-order valence-corrected chi connectivity index (χ2v) is 9.18. The summed E-state index contributed by atoms with van der Waals surface area (Å²) in [6.45, 7) is 3.95. The Balaban J connectivity index is 2.28. The number of nitrogens with zero attached hydrogens (tertiary/aromatic N) is 1. The second-order valence-electron chi connectivity index (χ2n) is 5.18. The highest BCUT2D eigenvalue weighted by molar-refractivity contribution is 9.11. The van der Waals surface area contributed by atoms with Crippen LogP contribution in [0, 0.1) is 0 Å². The molecule has 0 aliphatic carbocycles. The summed E-state index contributed by atoms with van der Waals surface area (Å²) in [6.07, 6.45) is 2.93. The summed E-state index contributed by atoms with van der Waals surface area (Å²) in [5.74, 6) is -1.14. The maximum Gasteiger partial charge on any atom is 0.345 e. The first-order chi connectivity index (χ1) is 9.72. The minimum Gasteiger partial charge on any atom is -0.477 e. The fourth-order valence-electron chi connectivity index (χ4n) is 2.43. The van der Waals surface area contributed by atoms with E-state index in [-0.39, 0.29) is 21.9 Å². The zero-order valence-electron chi connectivity index (χ0n) is 11.7. The maximum atomic E-state index is 12.5. The Morgan fingerprint density at radius 3 is 2.48 bits per heavy atom. The summed E-state index contributed by atoms with van der Waals surface area (Å²) in [5.41, 5.74) is 0. The van der Waals surface area contributed by atoms with Crippen LogP contribution in [0.15, 0.2) is 14.7 Å². The van der Waals surface area contributed by atoms with E-state index in [1.54, 1.807) is 5.01 Å². The number of hydrogen-bond donors (Lipinski definition) is 2. The zero-order chi connectivity index (χ0) is 15.8. The van der Waals surface area contributed by atoms with E-state index < -0.39 is 16.0 Å². The number of piperidine rings is 1. The van der Waals surface area contributed by atoms with Gasteiger partial charge in [0.1, 0.15) is 9.77 Å². The molecule has 2 rings (SSSR count). The maximum absolute atomic E-state index is 12.5. The minimum atomic E-state index is -3.79. The van der Waals surface area contributed by atoms with Crippen molar-refractivity contribution in [2.75, 3.05) is 0 Å². The molecule has 0 aromatic carbocycles. The lowest BCUT2D eigenvalue weighted by Gasteiger charge is -2.38. The summed E-state index contributed by atoms with van der Waals surface area (Å²) in [4.78, 5) is 13.5. The van der Waals surface area contributed by atoms with Crippen molar-refractivity contribution in [1.29, 1.82) is 0 Å². The number of rotatable bonds is 4. The minimum absolute atomic E-state index is 0.0120. The summed E-state index contributed by atoms with van der Waals surface area (Å²) in [5, 5.41) is 10.7. The van der Waals surface area contributed by atoms with Crippen LogP contribution >= 0.6 is 27.3 Å². The van der Waals surface area contributed by atoms with E-state index in [4.69, 9.17) is 5.11 Å². The highest BCUT2D eigenvalue weighted by atomic mass is 79.9. The lowest BCUT2D eigenvalue weighted by Crippen LogP contribution is -2.53. The molecule has 0 radical (unpaired) electrons. The van der Waals surface area contributed by atoms with E-state index in [1.807, 2.05) is 13.8 Å². The van der Waals surface area contributed by atoms with Gasteiger partial charge in [0.25, 0.3) is 10.0 Å². The molecule has 0 saturated carbocycles. The number of sulfonamides is 1. The van der Waals surface area contributed by atoms with Crippen LogP contribution < -0.4 is 4.83 Å². The smallest absolute Gasteiger partial charge is 0.345 e. The summed E-state index contributed by atoms with van der Waals surface area (Å²) >= 11 is 4.03. The molecule has 0 amide bonds. The second kappa shape index (κ2) is 6.33. The first-order valence-corrected chi connectivity index (χ1v) is 9.65. The first kappa shape index (κ1) is 16.9. The molecule has 0 spiro atoms. The van der Waals surface area contributed by atoms with Gasteiger partial charge >= 0.3 is 5.97 Å². The van der Waals surface area contributed by atoms with Crippen LogP contribution in [0.25, 0.3) is 0 Å². The van der Waals surface area contributed by atoms with Gasteiger partial charge in [0.15, 0.2) is 0 Å². The number of carbonyl (C=O) groups is 1. The third kappa shape index (κ3) is 3.65. The number of carboxylic acids is 1. The van der Waals surface area contributed by atoms with Gasteiger partial charge in [-0.2, -0.15) is 0 Å². The van der Waals surface area contributed by atoms with E-state index in [2.05, 4.69) is 20.8 Å². The van der Waals surface area contributed by atoms with Gasteiger partial charge < -0.3 is 5.11 Å². The summed E-state index contributed by atoms with van der Waals surface area (Å²) in [6, 6.07) is 1.40. The monoisotopic (exact) mass is 396 g/mol. The van der Waals surface area contributed by atoms with Gasteiger partial charge in [0, 0.05) is 12.1 Å². The number of hydrazine groups is 1. The van der Waals surface area contributed by atoms with Crippen molar-refractivity contribution in [2.45, 2.75) is 50.1 Å². The quantitative estimate of drug-likeness (QED) is 0.816. The molecule has 9 heteroatoms. The Morgan fingerprint density at radius 1 is 1.43 bits per heavy atom. The lowest BCUT2D eigenvalue weighted by atomic mass is 10.0. The summed E-state index contributed by atoms with van der Waals surface area (Å²) < 4.78 is 25.3. The van der Waals surface area contributed by atoms with Gasteiger partial charge in [-0.15, -0.1) is 16.2 Å². The van der Waals surface area contributed by atoms with Crippen LogP contribution in [0.4, 0.5) is 0 Å².